The van der Waals surface area contributed by atoms with Gasteiger partial charge in [-0.25, -0.2) is 0 Å². The Morgan fingerprint density at radius 2 is 1.94 bits per heavy atom. The van der Waals surface area contributed by atoms with Gasteiger partial charge >= 0.3 is 0 Å². The molecule has 0 fully saturated rings. The summed E-state index contributed by atoms with van der Waals surface area (Å²) in [5, 5.41) is 12.2. The van der Waals surface area contributed by atoms with Gasteiger partial charge in [0.25, 0.3) is 0 Å². The lowest BCUT2D eigenvalue weighted by atomic mass is 10.1. The van der Waals surface area contributed by atoms with E-state index in [1.54, 1.807) is 19.2 Å². The van der Waals surface area contributed by atoms with Crippen molar-refractivity contribution in [2.45, 2.75) is 45.5 Å². The molecule has 3 rings (SSSR count). The van der Waals surface area contributed by atoms with Crippen LogP contribution in [0, 0.1) is 13.8 Å². The van der Waals surface area contributed by atoms with Crippen LogP contribution >= 0.6 is 11.8 Å². The first-order valence-corrected chi connectivity index (χ1v) is 11.1. The third kappa shape index (κ3) is 5.58. The maximum absolute atomic E-state index is 12.4. The highest BCUT2D eigenvalue weighted by Crippen LogP contribution is 2.27. The average molecular weight is 441 g/mol. The summed E-state index contributed by atoms with van der Waals surface area (Å²) >= 11 is 1.34. The number of aromatic nitrogens is 3. The maximum Gasteiger partial charge on any atom is 0.234 e. The minimum absolute atomic E-state index is 0.138. The van der Waals surface area contributed by atoms with Crippen molar-refractivity contribution >= 4 is 23.4 Å². The molecular weight excluding hydrogens is 412 g/mol. The van der Waals surface area contributed by atoms with Crippen molar-refractivity contribution in [1.82, 2.24) is 14.8 Å². The van der Waals surface area contributed by atoms with Crippen LogP contribution in [0.5, 0.6) is 11.5 Å². The largest absolute Gasteiger partial charge is 0.495 e. The number of methoxy groups -OCH3 is 1. The molecule has 3 aromatic rings. The molecule has 1 amide bonds. The number of para-hydroxylation sites is 2. The number of benzene rings is 2. The molecule has 164 valence electrons. The molecule has 0 bridgehead atoms. The Hall–Kier alpha value is -3.00. The second kappa shape index (κ2) is 10.3. The van der Waals surface area contributed by atoms with E-state index in [2.05, 4.69) is 29.4 Å². The van der Waals surface area contributed by atoms with Crippen molar-refractivity contribution in [1.29, 1.82) is 0 Å². The Morgan fingerprint density at radius 1 is 1.16 bits per heavy atom. The Balaban J connectivity index is 1.65. The van der Waals surface area contributed by atoms with Crippen molar-refractivity contribution in [3.05, 3.63) is 59.4 Å². The van der Waals surface area contributed by atoms with Crippen LogP contribution in [0.1, 0.15) is 36.9 Å². The van der Waals surface area contributed by atoms with Crippen LogP contribution in [-0.2, 0) is 11.3 Å². The smallest absolute Gasteiger partial charge is 0.234 e. The Kier molecular flexibility index (Phi) is 7.57. The number of carbonyl (C=O) groups excluding carboxylic acids is 1. The minimum atomic E-state index is -0.272. The molecule has 0 aliphatic heterocycles. The molecule has 0 aliphatic carbocycles. The number of thioether (sulfide) groups is 1. The Labute approximate surface area is 187 Å². The van der Waals surface area contributed by atoms with Crippen LogP contribution in [-0.4, -0.2) is 33.5 Å². The van der Waals surface area contributed by atoms with E-state index >= 15 is 0 Å². The van der Waals surface area contributed by atoms with E-state index in [1.807, 2.05) is 48.7 Å². The topological polar surface area (TPSA) is 78.3 Å². The third-order valence-corrected chi connectivity index (χ3v) is 5.90. The van der Waals surface area contributed by atoms with Crippen LogP contribution < -0.4 is 14.8 Å². The number of carbonyl (C=O) groups is 1. The van der Waals surface area contributed by atoms with Crippen molar-refractivity contribution in [3.8, 4) is 11.5 Å². The fraction of sp³-hybridized carbons (Fsp3) is 0.348. The Morgan fingerprint density at radius 3 is 2.65 bits per heavy atom. The van der Waals surface area contributed by atoms with E-state index in [9.17, 15) is 4.79 Å². The predicted molar refractivity (Wildman–Crippen MR) is 123 cm³/mol. The molecule has 1 N–H and O–H groups in total. The summed E-state index contributed by atoms with van der Waals surface area (Å²) in [5.74, 6) is 2.22. The first-order valence-electron chi connectivity index (χ1n) is 10.2. The summed E-state index contributed by atoms with van der Waals surface area (Å²) in [7, 11) is 1.58. The number of nitrogens with one attached hydrogen (secondary N) is 1. The van der Waals surface area contributed by atoms with Gasteiger partial charge in [0.05, 0.1) is 18.6 Å². The standard InChI is InChI=1S/C23H28N4O3S/c1-6-27-22(17(4)30-18-12-11-15(2)16(3)13-18)25-26-23(27)31-14-21(28)24-19-9-7-8-10-20(19)29-5/h7-13,17H,6,14H2,1-5H3,(H,24,28). The summed E-state index contributed by atoms with van der Waals surface area (Å²) in [6.45, 7) is 8.79. The van der Waals surface area contributed by atoms with E-state index in [1.165, 1.54) is 22.9 Å². The van der Waals surface area contributed by atoms with Gasteiger partial charge < -0.3 is 19.4 Å². The molecule has 0 saturated heterocycles. The quantitative estimate of drug-likeness (QED) is 0.482. The average Bonchev–Trinajstić information content (AvgIpc) is 3.18. The molecule has 0 saturated carbocycles. The van der Waals surface area contributed by atoms with Gasteiger partial charge in [-0.3, -0.25) is 4.79 Å². The molecule has 1 heterocycles. The highest BCUT2D eigenvalue weighted by atomic mass is 32.2. The zero-order valence-electron chi connectivity index (χ0n) is 18.5. The van der Waals surface area contributed by atoms with Crippen molar-refractivity contribution in [3.63, 3.8) is 0 Å². The van der Waals surface area contributed by atoms with Crippen molar-refractivity contribution in [2.75, 3.05) is 18.2 Å². The van der Waals surface area contributed by atoms with Crippen LogP contribution in [0.4, 0.5) is 5.69 Å². The molecule has 1 unspecified atom stereocenters. The van der Waals surface area contributed by atoms with Gasteiger partial charge in [-0.15, -0.1) is 10.2 Å². The maximum atomic E-state index is 12.4. The number of nitrogens with zero attached hydrogens (tertiary/aromatic N) is 3. The van der Waals surface area contributed by atoms with Gasteiger partial charge in [-0.1, -0.05) is 30.0 Å². The zero-order valence-corrected chi connectivity index (χ0v) is 19.3. The van der Waals surface area contributed by atoms with Crippen LogP contribution in [0.25, 0.3) is 0 Å². The van der Waals surface area contributed by atoms with Crippen LogP contribution in [0.2, 0.25) is 0 Å². The number of hydrogen-bond donors (Lipinski definition) is 1. The van der Waals surface area contributed by atoms with Crippen LogP contribution in [0.3, 0.4) is 0 Å². The number of amides is 1. The second-order valence-corrected chi connectivity index (χ2v) is 8.07. The molecule has 0 radical (unpaired) electrons. The van der Waals surface area contributed by atoms with Gasteiger partial charge in [-0.05, 0) is 63.1 Å². The normalized spacial score (nSPS) is 11.8. The third-order valence-electron chi connectivity index (χ3n) is 4.93. The molecule has 0 spiro atoms. The van der Waals surface area contributed by atoms with Gasteiger partial charge in [0.1, 0.15) is 11.5 Å². The van der Waals surface area contributed by atoms with E-state index in [0.29, 0.717) is 23.1 Å². The van der Waals surface area contributed by atoms with E-state index in [0.717, 1.165) is 11.6 Å². The van der Waals surface area contributed by atoms with Gasteiger partial charge in [0, 0.05) is 6.54 Å². The van der Waals surface area contributed by atoms with Gasteiger partial charge in [-0.2, -0.15) is 0 Å². The highest BCUT2D eigenvalue weighted by molar-refractivity contribution is 7.99. The van der Waals surface area contributed by atoms with Crippen molar-refractivity contribution in [2.24, 2.45) is 0 Å². The number of hydrogen-bond acceptors (Lipinski definition) is 6. The second-order valence-electron chi connectivity index (χ2n) is 7.13. The molecular formula is C23H28N4O3S. The SMILES string of the molecule is CCn1c(SCC(=O)Nc2ccccc2OC)nnc1C(C)Oc1ccc(C)c(C)c1. The van der Waals surface area contributed by atoms with Crippen molar-refractivity contribution < 1.29 is 14.3 Å². The molecule has 1 atom stereocenters. The summed E-state index contributed by atoms with van der Waals surface area (Å²) in [4.78, 5) is 12.4. The lowest BCUT2D eigenvalue weighted by Gasteiger charge is -2.16. The predicted octanol–water partition coefficient (Wildman–Crippen LogP) is 4.79. The fourth-order valence-electron chi connectivity index (χ4n) is 3.11. The summed E-state index contributed by atoms with van der Waals surface area (Å²) in [5.41, 5.74) is 3.05. The lowest BCUT2D eigenvalue weighted by Crippen LogP contribution is -2.16. The first-order chi connectivity index (χ1) is 14.9. The summed E-state index contributed by atoms with van der Waals surface area (Å²) in [6.07, 6.45) is -0.272. The van der Waals surface area contributed by atoms with Gasteiger partial charge in [0.15, 0.2) is 17.1 Å². The zero-order chi connectivity index (χ0) is 22.4. The number of anilines is 1. The van der Waals surface area contributed by atoms with E-state index in [4.69, 9.17) is 9.47 Å². The molecule has 31 heavy (non-hydrogen) atoms. The molecule has 1 aromatic heterocycles. The van der Waals surface area contributed by atoms with E-state index in [-0.39, 0.29) is 17.8 Å². The summed E-state index contributed by atoms with van der Waals surface area (Å²) < 4.78 is 13.4. The molecule has 0 aliphatic rings. The molecule has 2 aromatic carbocycles. The Bertz CT molecular complexity index is 1050. The lowest BCUT2D eigenvalue weighted by molar-refractivity contribution is -0.113. The van der Waals surface area contributed by atoms with E-state index < -0.39 is 0 Å². The number of ether oxygens (including phenoxy) is 2. The number of aryl methyl sites for hydroxylation is 2. The molecule has 7 nitrogen and oxygen atoms in total. The fourth-order valence-corrected chi connectivity index (χ4v) is 3.92. The number of rotatable bonds is 9. The monoisotopic (exact) mass is 440 g/mol. The molecule has 8 heteroatoms. The first kappa shape index (κ1) is 22.7. The summed E-state index contributed by atoms with van der Waals surface area (Å²) in [6, 6.07) is 13.3. The minimum Gasteiger partial charge on any atom is -0.495 e. The van der Waals surface area contributed by atoms with Gasteiger partial charge in [0.2, 0.25) is 5.91 Å². The highest BCUT2D eigenvalue weighted by Gasteiger charge is 2.20. The van der Waals surface area contributed by atoms with Crippen LogP contribution in [0.15, 0.2) is 47.6 Å².